The molecule has 0 saturated heterocycles. The standard InChI is InChI=1S/C15H24N4O2S/c1-15(2,3)11-9-22-13(19-11)6-7-16-14(21)17-8-12(20)18-10-4-5-10/h9-10H,4-8H2,1-3H3,(H,18,20)(H2,16,17,21). The topological polar surface area (TPSA) is 83.1 Å². The van der Waals surface area contributed by atoms with E-state index in [-0.39, 0.29) is 23.9 Å². The van der Waals surface area contributed by atoms with Crippen molar-refractivity contribution in [2.24, 2.45) is 0 Å². The van der Waals surface area contributed by atoms with E-state index in [0.717, 1.165) is 23.5 Å². The predicted octanol–water partition coefficient (Wildman–Crippen LogP) is 1.56. The number of amides is 3. The lowest BCUT2D eigenvalue weighted by atomic mass is 9.93. The minimum atomic E-state index is -0.321. The Morgan fingerprint density at radius 3 is 2.64 bits per heavy atom. The molecule has 0 radical (unpaired) electrons. The average Bonchev–Trinajstić information content (AvgIpc) is 3.09. The Morgan fingerprint density at radius 1 is 1.32 bits per heavy atom. The third kappa shape index (κ3) is 5.63. The molecule has 1 fully saturated rings. The maximum absolute atomic E-state index is 11.6. The number of urea groups is 1. The normalized spacial score (nSPS) is 14.5. The molecule has 6 nitrogen and oxygen atoms in total. The van der Waals surface area contributed by atoms with E-state index in [1.165, 1.54) is 0 Å². The predicted molar refractivity (Wildman–Crippen MR) is 87.1 cm³/mol. The summed E-state index contributed by atoms with van der Waals surface area (Å²) in [6.45, 7) is 6.92. The van der Waals surface area contributed by atoms with Crippen molar-refractivity contribution >= 4 is 23.3 Å². The van der Waals surface area contributed by atoms with Crippen LogP contribution in [0.15, 0.2) is 5.38 Å². The van der Waals surface area contributed by atoms with Gasteiger partial charge >= 0.3 is 6.03 Å². The minimum absolute atomic E-state index is 0.0216. The van der Waals surface area contributed by atoms with Gasteiger partial charge < -0.3 is 16.0 Å². The van der Waals surface area contributed by atoms with Gasteiger partial charge in [-0.25, -0.2) is 9.78 Å². The molecule has 0 bridgehead atoms. The van der Waals surface area contributed by atoms with Crippen LogP contribution in [0, 0.1) is 0 Å². The van der Waals surface area contributed by atoms with Crippen LogP contribution in [0.3, 0.4) is 0 Å². The van der Waals surface area contributed by atoms with Gasteiger partial charge in [-0.05, 0) is 12.8 Å². The molecular formula is C15H24N4O2S. The molecule has 0 aromatic carbocycles. The number of nitrogens with one attached hydrogen (secondary N) is 3. The first-order valence-electron chi connectivity index (χ1n) is 7.60. The lowest BCUT2D eigenvalue weighted by molar-refractivity contribution is -0.120. The Balaban J connectivity index is 1.62. The van der Waals surface area contributed by atoms with Crippen LogP contribution >= 0.6 is 11.3 Å². The van der Waals surface area contributed by atoms with E-state index < -0.39 is 0 Å². The molecule has 1 aliphatic rings. The molecule has 1 aliphatic carbocycles. The number of carbonyl (C=O) groups excluding carboxylic acids is 2. The van der Waals surface area contributed by atoms with Crippen LogP contribution in [0.5, 0.6) is 0 Å². The second-order valence-electron chi connectivity index (χ2n) is 6.58. The summed E-state index contributed by atoms with van der Waals surface area (Å²) in [5, 5.41) is 11.2. The van der Waals surface area contributed by atoms with Gasteiger partial charge in [0.2, 0.25) is 5.91 Å². The molecule has 7 heteroatoms. The highest BCUT2D eigenvalue weighted by molar-refractivity contribution is 7.09. The first kappa shape index (κ1) is 16.7. The molecule has 0 aliphatic heterocycles. The van der Waals surface area contributed by atoms with Gasteiger partial charge in [-0.2, -0.15) is 0 Å². The van der Waals surface area contributed by atoms with Crippen LogP contribution in [0.1, 0.15) is 44.3 Å². The van der Waals surface area contributed by atoms with E-state index >= 15 is 0 Å². The summed E-state index contributed by atoms with van der Waals surface area (Å²) in [6.07, 6.45) is 2.78. The smallest absolute Gasteiger partial charge is 0.315 e. The second-order valence-corrected chi connectivity index (χ2v) is 7.52. The van der Waals surface area contributed by atoms with Crippen molar-refractivity contribution in [3.63, 3.8) is 0 Å². The number of aromatic nitrogens is 1. The average molecular weight is 324 g/mol. The Hall–Kier alpha value is -1.63. The summed E-state index contributed by atoms with van der Waals surface area (Å²) < 4.78 is 0. The summed E-state index contributed by atoms with van der Waals surface area (Å²) >= 11 is 1.61. The fraction of sp³-hybridized carbons (Fsp3) is 0.667. The van der Waals surface area contributed by atoms with E-state index in [9.17, 15) is 9.59 Å². The lowest BCUT2D eigenvalue weighted by Gasteiger charge is -2.14. The minimum Gasteiger partial charge on any atom is -0.352 e. The summed E-state index contributed by atoms with van der Waals surface area (Å²) in [4.78, 5) is 27.6. The van der Waals surface area contributed by atoms with Crippen LogP contribution in [0.2, 0.25) is 0 Å². The highest BCUT2D eigenvalue weighted by Crippen LogP contribution is 2.23. The zero-order valence-electron chi connectivity index (χ0n) is 13.4. The van der Waals surface area contributed by atoms with Gasteiger partial charge in [0, 0.05) is 29.8 Å². The Labute approximate surface area is 135 Å². The number of hydrogen-bond donors (Lipinski definition) is 3. The van der Waals surface area contributed by atoms with E-state index in [4.69, 9.17) is 0 Å². The Bertz CT molecular complexity index is 532. The zero-order valence-corrected chi connectivity index (χ0v) is 14.2. The third-order valence-corrected chi connectivity index (χ3v) is 4.21. The second kappa shape index (κ2) is 7.09. The van der Waals surface area contributed by atoms with Gasteiger partial charge in [-0.15, -0.1) is 11.3 Å². The first-order chi connectivity index (χ1) is 10.3. The molecule has 1 saturated carbocycles. The summed E-state index contributed by atoms with van der Waals surface area (Å²) in [6, 6.07) is -0.00201. The van der Waals surface area contributed by atoms with Crippen LogP contribution in [-0.4, -0.2) is 36.1 Å². The number of rotatable bonds is 6. The molecule has 2 rings (SSSR count). The van der Waals surface area contributed by atoms with Gasteiger partial charge in [0.15, 0.2) is 0 Å². The van der Waals surface area contributed by atoms with E-state index in [0.29, 0.717) is 19.0 Å². The lowest BCUT2D eigenvalue weighted by Crippen LogP contribution is -2.43. The SMILES string of the molecule is CC(C)(C)c1csc(CCNC(=O)NCC(=O)NC2CC2)n1. The van der Waals surface area contributed by atoms with Crippen LogP contribution in [-0.2, 0) is 16.6 Å². The fourth-order valence-electron chi connectivity index (χ4n) is 1.78. The number of carbonyl (C=O) groups is 2. The molecule has 3 amide bonds. The first-order valence-corrected chi connectivity index (χ1v) is 8.48. The van der Waals surface area contributed by atoms with Gasteiger partial charge in [-0.3, -0.25) is 4.79 Å². The molecule has 3 N–H and O–H groups in total. The number of nitrogens with zero attached hydrogens (tertiary/aromatic N) is 1. The molecule has 1 heterocycles. The van der Waals surface area contributed by atoms with Crippen LogP contribution < -0.4 is 16.0 Å². The molecular weight excluding hydrogens is 300 g/mol. The van der Waals surface area contributed by atoms with E-state index in [2.05, 4.69) is 47.1 Å². The molecule has 0 atom stereocenters. The zero-order chi connectivity index (χ0) is 16.2. The van der Waals surface area contributed by atoms with Gasteiger partial charge in [0.05, 0.1) is 17.2 Å². The fourth-order valence-corrected chi connectivity index (χ4v) is 2.81. The highest BCUT2D eigenvalue weighted by atomic mass is 32.1. The molecule has 1 aromatic rings. The molecule has 0 spiro atoms. The van der Waals surface area contributed by atoms with Crippen molar-refractivity contribution in [1.29, 1.82) is 0 Å². The maximum atomic E-state index is 11.6. The van der Waals surface area contributed by atoms with Crippen LogP contribution in [0.25, 0.3) is 0 Å². The molecule has 1 aromatic heterocycles. The molecule has 22 heavy (non-hydrogen) atoms. The van der Waals surface area contributed by atoms with Gasteiger partial charge in [0.1, 0.15) is 0 Å². The number of thiazole rings is 1. The number of hydrogen-bond acceptors (Lipinski definition) is 4. The largest absolute Gasteiger partial charge is 0.352 e. The van der Waals surface area contributed by atoms with Crippen molar-refractivity contribution in [3.8, 4) is 0 Å². The van der Waals surface area contributed by atoms with Gasteiger partial charge in [-0.1, -0.05) is 20.8 Å². The van der Waals surface area contributed by atoms with Crippen LogP contribution in [0.4, 0.5) is 4.79 Å². The van der Waals surface area contributed by atoms with Crippen molar-refractivity contribution in [2.75, 3.05) is 13.1 Å². The van der Waals surface area contributed by atoms with Crippen molar-refractivity contribution < 1.29 is 9.59 Å². The van der Waals surface area contributed by atoms with E-state index in [1.807, 2.05) is 0 Å². The molecule has 122 valence electrons. The summed E-state index contributed by atoms with van der Waals surface area (Å²) in [5.74, 6) is -0.132. The maximum Gasteiger partial charge on any atom is 0.315 e. The summed E-state index contributed by atoms with van der Waals surface area (Å²) in [5.41, 5.74) is 1.13. The highest BCUT2D eigenvalue weighted by Gasteiger charge is 2.23. The monoisotopic (exact) mass is 324 g/mol. The summed E-state index contributed by atoms with van der Waals surface area (Å²) in [7, 11) is 0. The molecule has 0 unspecified atom stereocenters. The van der Waals surface area contributed by atoms with Crippen molar-refractivity contribution in [3.05, 3.63) is 16.1 Å². The van der Waals surface area contributed by atoms with E-state index in [1.54, 1.807) is 11.3 Å². The van der Waals surface area contributed by atoms with Crippen molar-refractivity contribution in [2.45, 2.75) is 51.5 Å². The third-order valence-electron chi connectivity index (χ3n) is 3.30. The van der Waals surface area contributed by atoms with Crippen molar-refractivity contribution in [1.82, 2.24) is 20.9 Å². The van der Waals surface area contributed by atoms with Gasteiger partial charge in [0.25, 0.3) is 0 Å². The quantitative estimate of drug-likeness (QED) is 0.742. The Morgan fingerprint density at radius 2 is 2.05 bits per heavy atom. The Kier molecular flexibility index (Phi) is 5.39.